The molecule has 2 aliphatic carbocycles. The van der Waals surface area contributed by atoms with E-state index in [1.165, 1.54) is 13.5 Å². The normalized spacial score (nSPS) is 18.0. The molecule has 1 fully saturated rings. The quantitative estimate of drug-likeness (QED) is 0.672. The molecule has 3 rings (SSSR count). The lowest BCUT2D eigenvalue weighted by atomic mass is 9.85. The molecule has 0 aromatic carbocycles. The fourth-order valence-corrected chi connectivity index (χ4v) is 4.06. The number of hydrogen-bond donors (Lipinski definition) is 0. The van der Waals surface area contributed by atoms with Crippen molar-refractivity contribution in [2.45, 2.75) is 84.3 Å². The molecule has 0 unspecified atom stereocenters. The van der Waals surface area contributed by atoms with Crippen molar-refractivity contribution in [3.8, 4) is 0 Å². The Hall–Kier alpha value is -2.11. The summed E-state index contributed by atoms with van der Waals surface area (Å²) in [5.41, 5.74) is 2.53. The van der Waals surface area contributed by atoms with Crippen LogP contribution in [0.2, 0.25) is 0 Å². The molecule has 1 aromatic heterocycles. The van der Waals surface area contributed by atoms with Crippen LogP contribution in [0, 0.1) is 5.92 Å². The monoisotopic (exact) mass is 402 g/mol. The maximum absolute atomic E-state index is 12.9. The Kier molecular flexibility index (Phi) is 5.93. The smallest absolute Gasteiger partial charge is 0.410 e. The second kappa shape index (κ2) is 7.96. The van der Waals surface area contributed by atoms with Crippen molar-refractivity contribution in [2.75, 3.05) is 13.7 Å². The minimum absolute atomic E-state index is 0.0621. The predicted octanol–water partition coefficient (Wildman–Crippen LogP) is 4.63. The van der Waals surface area contributed by atoms with Gasteiger partial charge in [-0.15, -0.1) is 0 Å². The fraction of sp³-hybridized carbons (Fsp3) is 0.696. The van der Waals surface area contributed by atoms with Crippen LogP contribution in [0.3, 0.4) is 0 Å². The number of aromatic nitrogens is 1. The molecule has 1 amide bonds. The van der Waals surface area contributed by atoms with Crippen molar-refractivity contribution in [3.63, 3.8) is 0 Å². The minimum Gasteiger partial charge on any atom is -0.464 e. The molecular weight excluding hydrogens is 368 g/mol. The number of ether oxygens (including phenoxy) is 2. The Labute approximate surface area is 174 Å². The Balaban J connectivity index is 1.93. The summed E-state index contributed by atoms with van der Waals surface area (Å²) in [6.07, 6.45) is 5.03. The van der Waals surface area contributed by atoms with Gasteiger partial charge in [0.2, 0.25) is 0 Å². The van der Waals surface area contributed by atoms with Gasteiger partial charge in [-0.25, -0.2) is 14.6 Å². The lowest BCUT2D eigenvalue weighted by Crippen LogP contribution is -2.40. The van der Waals surface area contributed by atoms with Crippen LogP contribution in [0.5, 0.6) is 0 Å². The molecule has 160 valence electrons. The molecule has 6 heteroatoms. The van der Waals surface area contributed by atoms with Crippen molar-refractivity contribution in [2.24, 2.45) is 5.92 Å². The number of carbonyl (C=O) groups is 2. The van der Waals surface area contributed by atoms with E-state index in [-0.39, 0.29) is 11.5 Å². The molecule has 6 nitrogen and oxygen atoms in total. The third-order valence-corrected chi connectivity index (χ3v) is 5.94. The average molecular weight is 403 g/mol. The Morgan fingerprint density at radius 1 is 1.28 bits per heavy atom. The summed E-state index contributed by atoms with van der Waals surface area (Å²) in [7, 11) is 1.37. The molecule has 2 aliphatic rings. The van der Waals surface area contributed by atoms with Crippen LogP contribution in [-0.4, -0.2) is 41.2 Å². The van der Waals surface area contributed by atoms with Crippen molar-refractivity contribution in [1.82, 2.24) is 9.88 Å². The number of nitrogens with zero attached hydrogens (tertiary/aromatic N) is 2. The highest BCUT2D eigenvalue weighted by atomic mass is 16.6. The van der Waals surface area contributed by atoms with Gasteiger partial charge < -0.3 is 14.4 Å². The summed E-state index contributed by atoms with van der Waals surface area (Å²) in [4.78, 5) is 31.8. The van der Waals surface area contributed by atoms with Crippen molar-refractivity contribution >= 4 is 12.1 Å². The van der Waals surface area contributed by atoms with E-state index in [9.17, 15) is 9.59 Å². The SMILES string of the molecule is COC(=O)c1nc2c(cc1CN(CC1CCC1)C(=O)OC(C)(C)C)CCC2(C)C. The number of fused-ring (bicyclic) bond motifs is 1. The van der Waals surface area contributed by atoms with Gasteiger partial charge in [0, 0.05) is 17.5 Å². The third kappa shape index (κ3) is 4.90. The maximum atomic E-state index is 12.9. The van der Waals surface area contributed by atoms with Crippen LogP contribution in [0.15, 0.2) is 6.07 Å². The van der Waals surface area contributed by atoms with E-state index >= 15 is 0 Å². The molecule has 0 spiro atoms. The molecule has 0 radical (unpaired) electrons. The zero-order valence-electron chi connectivity index (χ0n) is 18.6. The topological polar surface area (TPSA) is 68.7 Å². The first kappa shape index (κ1) is 21.6. The molecule has 1 heterocycles. The summed E-state index contributed by atoms with van der Waals surface area (Å²) in [6, 6.07) is 2.04. The second-order valence-electron chi connectivity index (χ2n) is 10.0. The van der Waals surface area contributed by atoms with Crippen molar-refractivity contribution in [3.05, 3.63) is 28.6 Å². The summed E-state index contributed by atoms with van der Waals surface area (Å²) >= 11 is 0. The number of esters is 1. The van der Waals surface area contributed by atoms with E-state index in [0.717, 1.165) is 42.5 Å². The fourth-order valence-electron chi connectivity index (χ4n) is 4.06. The largest absolute Gasteiger partial charge is 0.464 e. The summed E-state index contributed by atoms with van der Waals surface area (Å²) in [6.45, 7) is 10.8. The summed E-state index contributed by atoms with van der Waals surface area (Å²) < 4.78 is 10.6. The number of amides is 1. The molecule has 0 aliphatic heterocycles. The third-order valence-electron chi connectivity index (χ3n) is 5.94. The van der Waals surface area contributed by atoms with Crippen LogP contribution in [0.1, 0.15) is 87.6 Å². The molecule has 0 saturated heterocycles. The van der Waals surface area contributed by atoms with Gasteiger partial charge >= 0.3 is 12.1 Å². The van der Waals surface area contributed by atoms with Gasteiger partial charge in [0.15, 0.2) is 5.69 Å². The maximum Gasteiger partial charge on any atom is 0.410 e. The standard InChI is InChI=1S/C23H34N2O4/c1-22(2,3)29-21(27)25(13-15-8-7-9-15)14-17-12-16-10-11-23(4,5)19(16)24-18(17)20(26)28-6/h12,15H,7-11,13-14H2,1-6H3. The molecule has 0 N–H and O–H groups in total. The van der Waals surface area contributed by atoms with Crippen molar-refractivity contribution < 1.29 is 19.1 Å². The van der Waals surface area contributed by atoms with Crippen LogP contribution >= 0.6 is 0 Å². The number of methoxy groups -OCH3 is 1. The second-order valence-corrected chi connectivity index (χ2v) is 10.0. The Bertz CT molecular complexity index is 791. The van der Waals surface area contributed by atoms with Gasteiger partial charge in [0.05, 0.1) is 19.3 Å². The zero-order chi connectivity index (χ0) is 21.4. The van der Waals surface area contributed by atoms with Crippen molar-refractivity contribution in [1.29, 1.82) is 0 Å². The molecule has 29 heavy (non-hydrogen) atoms. The molecule has 0 bridgehead atoms. The van der Waals surface area contributed by atoms with Crippen LogP contribution in [0.25, 0.3) is 0 Å². The van der Waals surface area contributed by atoms with Crippen LogP contribution in [-0.2, 0) is 27.9 Å². The van der Waals surface area contributed by atoms with Crippen LogP contribution < -0.4 is 0 Å². The lowest BCUT2D eigenvalue weighted by Gasteiger charge is -2.34. The van der Waals surface area contributed by atoms with Gasteiger partial charge in [0.1, 0.15) is 5.60 Å². The average Bonchev–Trinajstić information content (AvgIpc) is 2.88. The summed E-state index contributed by atoms with van der Waals surface area (Å²) in [5, 5.41) is 0. The van der Waals surface area contributed by atoms with E-state index in [4.69, 9.17) is 14.5 Å². The highest BCUT2D eigenvalue weighted by molar-refractivity contribution is 5.89. The number of pyridine rings is 1. The first-order valence-corrected chi connectivity index (χ1v) is 10.6. The Morgan fingerprint density at radius 2 is 1.97 bits per heavy atom. The van der Waals surface area contributed by atoms with Gasteiger partial charge in [-0.05, 0) is 64.0 Å². The highest BCUT2D eigenvalue weighted by Gasteiger charge is 2.35. The van der Waals surface area contributed by atoms with E-state index in [0.29, 0.717) is 24.7 Å². The molecule has 0 atom stereocenters. The summed E-state index contributed by atoms with van der Waals surface area (Å²) in [5.74, 6) is 0.0312. The number of carbonyl (C=O) groups excluding carboxylic acids is 2. The number of hydrogen-bond acceptors (Lipinski definition) is 5. The zero-order valence-corrected chi connectivity index (χ0v) is 18.6. The van der Waals surface area contributed by atoms with E-state index in [1.54, 1.807) is 4.90 Å². The van der Waals surface area contributed by atoms with Crippen LogP contribution in [0.4, 0.5) is 4.79 Å². The van der Waals surface area contributed by atoms with E-state index < -0.39 is 11.6 Å². The Morgan fingerprint density at radius 3 is 2.52 bits per heavy atom. The molecule has 1 saturated carbocycles. The first-order valence-electron chi connectivity index (χ1n) is 10.6. The van der Waals surface area contributed by atoms with Gasteiger partial charge in [0.25, 0.3) is 0 Å². The molecule has 1 aromatic rings. The number of aryl methyl sites for hydroxylation is 1. The molecular formula is C23H34N2O4. The van der Waals surface area contributed by atoms with Gasteiger partial charge in [-0.3, -0.25) is 0 Å². The first-order chi connectivity index (χ1) is 13.5. The highest BCUT2D eigenvalue weighted by Crippen LogP contribution is 2.38. The van der Waals surface area contributed by atoms with E-state index in [2.05, 4.69) is 13.8 Å². The number of rotatable bonds is 5. The van der Waals surface area contributed by atoms with E-state index in [1.807, 2.05) is 26.8 Å². The van der Waals surface area contributed by atoms with Gasteiger partial charge in [-0.1, -0.05) is 20.3 Å². The van der Waals surface area contributed by atoms with Gasteiger partial charge in [-0.2, -0.15) is 0 Å². The minimum atomic E-state index is -0.569. The lowest BCUT2D eigenvalue weighted by molar-refractivity contribution is 0.0170. The predicted molar refractivity (Wildman–Crippen MR) is 111 cm³/mol.